The van der Waals surface area contributed by atoms with Gasteiger partial charge in [-0.15, -0.1) is 0 Å². The summed E-state index contributed by atoms with van der Waals surface area (Å²) in [5, 5.41) is 11.0. The molecule has 2 amide bonds. The van der Waals surface area contributed by atoms with E-state index < -0.39 is 5.91 Å². The van der Waals surface area contributed by atoms with E-state index in [1.54, 1.807) is 44.3 Å². The molecule has 0 unspecified atom stereocenters. The van der Waals surface area contributed by atoms with Crippen LogP contribution in [0, 0.1) is 0 Å². The monoisotopic (exact) mass is 425 g/mol. The summed E-state index contributed by atoms with van der Waals surface area (Å²) in [7, 11) is 1.62. The first-order valence-electron chi connectivity index (χ1n) is 9.04. The van der Waals surface area contributed by atoms with E-state index >= 15 is 0 Å². The van der Waals surface area contributed by atoms with E-state index in [1.807, 2.05) is 24.3 Å². The molecule has 30 heavy (non-hydrogen) atoms. The van der Waals surface area contributed by atoms with Gasteiger partial charge >= 0.3 is 0 Å². The molecule has 0 spiro atoms. The number of nitrogens with one attached hydrogen (secondary N) is 2. The molecule has 0 aliphatic carbocycles. The number of para-hydroxylation sites is 1. The van der Waals surface area contributed by atoms with Gasteiger partial charge in [0.2, 0.25) is 0 Å². The van der Waals surface area contributed by atoms with Crippen molar-refractivity contribution in [2.24, 2.45) is 12.1 Å². The number of hydrazone groups is 1. The fraction of sp³-hybridized carbons (Fsp3) is 0.143. The maximum atomic E-state index is 12.3. The molecule has 0 saturated heterocycles. The Bertz CT molecular complexity index is 1060. The van der Waals surface area contributed by atoms with Crippen LogP contribution in [0.4, 0.5) is 5.69 Å². The molecule has 1 aromatic heterocycles. The van der Waals surface area contributed by atoms with Crippen molar-refractivity contribution < 1.29 is 14.3 Å². The largest absolute Gasteiger partial charge is 0.484 e. The zero-order valence-corrected chi connectivity index (χ0v) is 17.2. The van der Waals surface area contributed by atoms with Crippen LogP contribution in [0.1, 0.15) is 23.0 Å². The van der Waals surface area contributed by atoms with Gasteiger partial charge in [0.05, 0.1) is 16.9 Å². The third-order valence-corrected chi connectivity index (χ3v) is 4.39. The first kappa shape index (κ1) is 21.1. The number of hydrogen-bond acceptors (Lipinski definition) is 5. The maximum absolute atomic E-state index is 12.3. The second-order valence-electron chi connectivity index (χ2n) is 6.33. The lowest BCUT2D eigenvalue weighted by Gasteiger charge is -2.09. The molecule has 0 bridgehead atoms. The number of aromatic nitrogens is 2. The number of carbonyl (C=O) groups excluding carboxylic acids is 2. The molecule has 0 saturated carbocycles. The molecule has 0 aliphatic rings. The van der Waals surface area contributed by atoms with Crippen molar-refractivity contribution in [3.8, 4) is 5.75 Å². The molecule has 154 valence electrons. The van der Waals surface area contributed by atoms with Crippen LogP contribution in [0.2, 0.25) is 5.02 Å². The van der Waals surface area contributed by atoms with Gasteiger partial charge in [0.1, 0.15) is 11.4 Å². The van der Waals surface area contributed by atoms with E-state index in [0.717, 1.165) is 5.56 Å². The molecule has 9 heteroatoms. The minimum absolute atomic E-state index is 0.108. The van der Waals surface area contributed by atoms with Gasteiger partial charge in [0, 0.05) is 12.7 Å². The van der Waals surface area contributed by atoms with E-state index in [1.165, 1.54) is 10.9 Å². The Kier molecular flexibility index (Phi) is 6.82. The number of halogens is 1. The highest BCUT2D eigenvalue weighted by Gasteiger charge is 2.15. The Balaban J connectivity index is 1.60. The van der Waals surface area contributed by atoms with Crippen molar-refractivity contribution in [1.29, 1.82) is 0 Å². The van der Waals surface area contributed by atoms with Crippen LogP contribution in [0.5, 0.6) is 5.75 Å². The summed E-state index contributed by atoms with van der Waals surface area (Å²) in [4.78, 5) is 24.4. The Morgan fingerprint density at radius 2 is 1.93 bits per heavy atom. The van der Waals surface area contributed by atoms with Gasteiger partial charge in [0.15, 0.2) is 6.61 Å². The zero-order chi connectivity index (χ0) is 21.5. The van der Waals surface area contributed by atoms with Crippen LogP contribution in [0.15, 0.2) is 65.9 Å². The third-order valence-electron chi connectivity index (χ3n) is 4.11. The highest BCUT2D eigenvalue weighted by atomic mass is 35.5. The van der Waals surface area contributed by atoms with Crippen LogP contribution in [-0.4, -0.2) is 33.9 Å². The topological polar surface area (TPSA) is 97.6 Å². The average molecular weight is 426 g/mol. The van der Waals surface area contributed by atoms with Gasteiger partial charge in [-0.3, -0.25) is 14.3 Å². The number of carbonyl (C=O) groups is 2. The molecule has 0 radical (unpaired) electrons. The van der Waals surface area contributed by atoms with Gasteiger partial charge in [-0.1, -0.05) is 41.9 Å². The molecule has 0 aliphatic heterocycles. The quantitative estimate of drug-likeness (QED) is 0.448. The Hall–Kier alpha value is -3.65. The highest BCUT2D eigenvalue weighted by molar-refractivity contribution is 6.33. The first-order valence-corrected chi connectivity index (χ1v) is 9.42. The van der Waals surface area contributed by atoms with Crippen molar-refractivity contribution in [2.45, 2.75) is 6.92 Å². The Morgan fingerprint density at radius 3 is 2.63 bits per heavy atom. The summed E-state index contributed by atoms with van der Waals surface area (Å²) in [6.45, 7) is 1.63. The van der Waals surface area contributed by atoms with E-state index in [4.69, 9.17) is 16.3 Å². The Labute approximate surface area is 178 Å². The summed E-state index contributed by atoms with van der Waals surface area (Å²) >= 11 is 5.96. The lowest BCUT2D eigenvalue weighted by atomic mass is 10.1. The molecular formula is C21H20ClN5O3. The van der Waals surface area contributed by atoms with Crippen molar-refractivity contribution >= 4 is 34.8 Å². The number of benzene rings is 2. The van der Waals surface area contributed by atoms with Crippen molar-refractivity contribution in [3.63, 3.8) is 0 Å². The third kappa shape index (κ3) is 5.45. The number of anilines is 1. The van der Waals surface area contributed by atoms with E-state index in [9.17, 15) is 9.59 Å². The number of hydrogen-bond donors (Lipinski definition) is 2. The number of aryl methyl sites for hydroxylation is 1. The molecule has 2 aromatic carbocycles. The number of ether oxygens (including phenoxy) is 1. The van der Waals surface area contributed by atoms with Gasteiger partial charge in [-0.2, -0.15) is 10.2 Å². The van der Waals surface area contributed by atoms with E-state index in [2.05, 4.69) is 20.9 Å². The van der Waals surface area contributed by atoms with E-state index in [-0.39, 0.29) is 23.2 Å². The minimum atomic E-state index is -0.470. The summed E-state index contributed by atoms with van der Waals surface area (Å²) in [6, 6.07) is 16.2. The minimum Gasteiger partial charge on any atom is -0.484 e. The summed E-state index contributed by atoms with van der Waals surface area (Å²) in [5.41, 5.74) is 4.55. The summed E-state index contributed by atoms with van der Waals surface area (Å²) in [5.74, 6) is -0.139. The number of rotatable bonds is 7. The average Bonchev–Trinajstić information content (AvgIpc) is 3.09. The van der Waals surface area contributed by atoms with Crippen LogP contribution in [0.25, 0.3) is 0 Å². The predicted molar refractivity (Wildman–Crippen MR) is 115 cm³/mol. The fourth-order valence-corrected chi connectivity index (χ4v) is 2.85. The maximum Gasteiger partial charge on any atom is 0.291 e. The molecule has 0 fully saturated rings. The van der Waals surface area contributed by atoms with Crippen LogP contribution >= 0.6 is 11.6 Å². The van der Waals surface area contributed by atoms with Gasteiger partial charge in [-0.25, -0.2) is 5.43 Å². The fourth-order valence-electron chi connectivity index (χ4n) is 2.60. The molecular weight excluding hydrogens is 406 g/mol. The molecule has 2 N–H and O–H groups in total. The lowest BCUT2D eigenvalue weighted by molar-refractivity contribution is -0.118. The molecule has 3 aromatic rings. The molecule has 8 nitrogen and oxygen atoms in total. The lowest BCUT2D eigenvalue weighted by Crippen LogP contribution is -2.22. The van der Waals surface area contributed by atoms with Gasteiger partial charge < -0.3 is 10.1 Å². The second kappa shape index (κ2) is 9.71. The highest BCUT2D eigenvalue weighted by Crippen LogP contribution is 2.15. The first-order chi connectivity index (χ1) is 14.4. The van der Waals surface area contributed by atoms with Crippen LogP contribution < -0.4 is 15.5 Å². The van der Waals surface area contributed by atoms with Crippen LogP contribution in [0.3, 0.4) is 0 Å². The number of amides is 2. The molecule has 1 heterocycles. The summed E-state index contributed by atoms with van der Waals surface area (Å²) < 4.78 is 6.81. The van der Waals surface area contributed by atoms with Gasteiger partial charge in [0.25, 0.3) is 11.8 Å². The van der Waals surface area contributed by atoms with Crippen molar-refractivity contribution in [1.82, 2.24) is 15.2 Å². The SMILES string of the molecule is C/C(=N/NC(=O)c1c(Cl)cnn1C)c1cccc(NC(=O)COc2ccccc2)c1. The van der Waals surface area contributed by atoms with E-state index in [0.29, 0.717) is 17.1 Å². The predicted octanol–water partition coefficient (Wildman–Crippen LogP) is 3.25. The molecule has 3 rings (SSSR count). The van der Waals surface area contributed by atoms with Gasteiger partial charge in [-0.05, 0) is 36.8 Å². The van der Waals surface area contributed by atoms with Crippen LogP contribution in [-0.2, 0) is 11.8 Å². The number of nitrogens with zero attached hydrogens (tertiary/aromatic N) is 3. The normalized spacial score (nSPS) is 11.1. The Morgan fingerprint density at radius 1 is 1.17 bits per heavy atom. The standard InChI is InChI=1S/C21H20ClN5O3/c1-14(25-26-21(29)20-18(22)12-23-27(20)2)15-7-6-8-16(11-15)24-19(28)13-30-17-9-4-3-5-10-17/h3-12H,13H2,1-2H3,(H,24,28)(H,26,29)/b25-14-. The second-order valence-corrected chi connectivity index (χ2v) is 6.74. The zero-order valence-electron chi connectivity index (χ0n) is 16.4. The van der Waals surface area contributed by atoms with Crippen molar-refractivity contribution in [2.75, 3.05) is 11.9 Å². The van der Waals surface area contributed by atoms with Crippen molar-refractivity contribution in [3.05, 3.63) is 77.1 Å². The summed E-state index contributed by atoms with van der Waals surface area (Å²) in [6.07, 6.45) is 1.39. The smallest absolute Gasteiger partial charge is 0.291 e. The molecule has 0 atom stereocenters.